The Labute approximate surface area is 190 Å². The summed E-state index contributed by atoms with van der Waals surface area (Å²) in [4.78, 5) is 42.1. The molecule has 170 valence electrons. The summed E-state index contributed by atoms with van der Waals surface area (Å²) in [6.45, 7) is 0.187. The third-order valence-corrected chi connectivity index (χ3v) is 6.00. The van der Waals surface area contributed by atoms with Gasteiger partial charge in [0.05, 0.1) is 12.3 Å². The Morgan fingerprint density at radius 2 is 1.58 bits per heavy atom. The van der Waals surface area contributed by atoms with Gasteiger partial charge in [-0.1, -0.05) is 23.9 Å². The third kappa shape index (κ3) is 4.58. The van der Waals surface area contributed by atoms with E-state index in [0.29, 0.717) is 16.4 Å². The number of thioether (sulfide) groups is 1. The predicted octanol–water partition coefficient (Wildman–Crippen LogP) is 2.49. The lowest BCUT2D eigenvalue weighted by Gasteiger charge is -2.10. The lowest BCUT2D eigenvalue weighted by atomic mass is 10.2. The number of fused-ring (bicyclic) bond motifs is 1. The van der Waals surface area contributed by atoms with Crippen LogP contribution in [0.15, 0.2) is 63.3 Å². The first kappa shape index (κ1) is 22.5. The number of nitrogens with one attached hydrogen (secondary N) is 1. The first-order chi connectivity index (χ1) is 15.7. The van der Waals surface area contributed by atoms with Gasteiger partial charge < -0.3 is 9.88 Å². The molecule has 1 N–H and O–H groups in total. The van der Waals surface area contributed by atoms with Crippen LogP contribution in [0.4, 0.5) is 14.5 Å². The molecular weight excluding hydrogens is 452 g/mol. The molecule has 0 unspecified atom stereocenters. The van der Waals surface area contributed by atoms with E-state index >= 15 is 0 Å². The number of aryl methyl sites for hydroxylation is 1. The summed E-state index contributed by atoms with van der Waals surface area (Å²) in [7, 11) is 2.89. The van der Waals surface area contributed by atoms with Crippen LogP contribution in [0.3, 0.4) is 0 Å². The molecular formula is C22H19F2N5O3S. The third-order valence-electron chi connectivity index (χ3n) is 5.03. The van der Waals surface area contributed by atoms with Crippen LogP contribution in [0.25, 0.3) is 11.2 Å². The van der Waals surface area contributed by atoms with Crippen LogP contribution in [-0.4, -0.2) is 30.3 Å². The normalized spacial score (nSPS) is 11.2. The molecule has 4 aromatic rings. The van der Waals surface area contributed by atoms with E-state index in [1.807, 2.05) is 0 Å². The molecule has 2 aromatic heterocycles. The fraction of sp³-hybridized carbons (Fsp3) is 0.182. The van der Waals surface area contributed by atoms with E-state index in [9.17, 15) is 23.2 Å². The summed E-state index contributed by atoms with van der Waals surface area (Å²) < 4.78 is 30.3. The van der Waals surface area contributed by atoms with Gasteiger partial charge >= 0.3 is 5.69 Å². The number of hydrogen-bond acceptors (Lipinski definition) is 5. The zero-order chi connectivity index (χ0) is 23.7. The van der Waals surface area contributed by atoms with E-state index in [2.05, 4.69) is 10.3 Å². The predicted molar refractivity (Wildman–Crippen MR) is 121 cm³/mol. The van der Waals surface area contributed by atoms with Gasteiger partial charge in [-0.15, -0.1) is 0 Å². The van der Waals surface area contributed by atoms with E-state index in [1.54, 1.807) is 16.7 Å². The zero-order valence-corrected chi connectivity index (χ0v) is 18.5. The smallest absolute Gasteiger partial charge is 0.325 e. The SMILES string of the molecule is Cn1c(=O)c2c(nc(SCC(=O)Nc3ccc(F)cc3)n2Cc2ccc(F)cc2)n(C)c1=O. The maximum atomic E-state index is 13.3. The first-order valence-corrected chi connectivity index (χ1v) is 10.8. The Balaban J connectivity index is 1.69. The molecule has 0 atom stereocenters. The summed E-state index contributed by atoms with van der Waals surface area (Å²) in [5.74, 6) is -1.20. The molecule has 0 saturated carbocycles. The topological polar surface area (TPSA) is 90.9 Å². The van der Waals surface area contributed by atoms with Crippen LogP contribution in [0.2, 0.25) is 0 Å². The van der Waals surface area contributed by atoms with Gasteiger partial charge in [-0.25, -0.2) is 18.6 Å². The largest absolute Gasteiger partial charge is 0.332 e. The molecule has 0 radical (unpaired) electrons. The number of halogens is 2. The molecule has 0 saturated heterocycles. The van der Waals surface area contributed by atoms with Crippen LogP contribution in [0, 0.1) is 11.6 Å². The first-order valence-electron chi connectivity index (χ1n) is 9.83. The lowest BCUT2D eigenvalue weighted by Crippen LogP contribution is -2.37. The summed E-state index contributed by atoms with van der Waals surface area (Å²) in [6, 6.07) is 11.2. The Kier molecular flexibility index (Phi) is 6.14. The Hall–Kier alpha value is -3.73. The number of nitrogens with zero attached hydrogens (tertiary/aromatic N) is 4. The van der Waals surface area contributed by atoms with Crippen molar-refractivity contribution in [1.82, 2.24) is 18.7 Å². The summed E-state index contributed by atoms with van der Waals surface area (Å²) in [6.07, 6.45) is 0. The molecule has 0 aliphatic rings. The van der Waals surface area contributed by atoms with Crippen LogP contribution in [0.1, 0.15) is 5.56 Å². The van der Waals surface area contributed by atoms with Crippen molar-refractivity contribution >= 4 is 34.5 Å². The van der Waals surface area contributed by atoms with E-state index in [1.165, 1.54) is 55.1 Å². The minimum Gasteiger partial charge on any atom is -0.325 e. The van der Waals surface area contributed by atoms with Gasteiger partial charge in [-0.3, -0.25) is 18.7 Å². The highest BCUT2D eigenvalue weighted by Crippen LogP contribution is 2.23. The molecule has 0 fully saturated rings. The van der Waals surface area contributed by atoms with Crippen molar-refractivity contribution < 1.29 is 13.6 Å². The van der Waals surface area contributed by atoms with Crippen LogP contribution in [0.5, 0.6) is 0 Å². The van der Waals surface area contributed by atoms with Crippen molar-refractivity contribution in [1.29, 1.82) is 0 Å². The molecule has 8 nitrogen and oxygen atoms in total. The number of rotatable bonds is 6. The minimum atomic E-state index is -0.524. The van der Waals surface area contributed by atoms with Gasteiger partial charge in [0.25, 0.3) is 5.56 Å². The Bertz CT molecular complexity index is 1460. The van der Waals surface area contributed by atoms with Crippen LogP contribution in [-0.2, 0) is 25.4 Å². The number of hydrogen-bond donors (Lipinski definition) is 1. The number of benzene rings is 2. The molecule has 0 spiro atoms. The van der Waals surface area contributed by atoms with Crippen LogP contribution >= 0.6 is 11.8 Å². The number of carbonyl (C=O) groups is 1. The van der Waals surface area contributed by atoms with Gasteiger partial charge in [0.1, 0.15) is 11.6 Å². The van der Waals surface area contributed by atoms with Crippen molar-refractivity contribution in [2.45, 2.75) is 11.7 Å². The Morgan fingerprint density at radius 1 is 0.970 bits per heavy atom. The van der Waals surface area contributed by atoms with Gasteiger partial charge in [-0.2, -0.15) is 0 Å². The molecule has 0 aliphatic heterocycles. The Morgan fingerprint density at radius 3 is 2.21 bits per heavy atom. The fourth-order valence-electron chi connectivity index (χ4n) is 3.32. The molecule has 0 bridgehead atoms. The maximum Gasteiger partial charge on any atom is 0.332 e. The van der Waals surface area contributed by atoms with Crippen molar-refractivity contribution in [2.24, 2.45) is 14.1 Å². The molecule has 4 rings (SSSR count). The quantitative estimate of drug-likeness (QED) is 0.437. The highest BCUT2D eigenvalue weighted by Gasteiger charge is 2.20. The molecule has 1 amide bonds. The maximum absolute atomic E-state index is 13.3. The number of imidazole rings is 1. The van der Waals surface area contributed by atoms with Gasteiger partial charge in [-0.05, 0) is 42.0 Å². The van der Waals surface area contributed by atoms with Gasteiger partial charge in [0, 0.05) is 19.8 Å². The van der Waals surface area contributed by atoms with Crippen molar-refractivity contribution in [3.05, 3.63) is 86.6 Å². The average molecular weight is 471 g/mol. The standard InChI is InChI=1S/C22H19F2N5O3S/c1-27-19-18(20(31)28(2)22(27)32)29(11-13-3-5-14(23)6-4-13)21(26-19)33-12-17(30)25-16-9-7-15(24)8-10-16/h3-10H,11-12H2,1-2H3,(H,25,30). The van der Waals surface area contributed by atoms with Gasteiger partial charge in [0.2, 0.25) is 5.91 Å². The number of amides is 1. The van der Waals surface area contributed by atoms with Crippen LogP contribution < -0.4 is 16.6 Å². The molecule has 33 heavy (non-hydrogen) atoms. The van der Waals surface area contributed by atoms with E-state index < -0.39 is 17.1 Å². The van der Waals surface area contributed by atoms with Crippen molar-refractivity contribution in [2.75, 3.05) is 11.1 Å². The fourth-order valence-corrected chi connectivity index (χ4v) is 4.11. The van der Waals surface area contributed by atoms with E-state index in [4.69, 9.17) is 0 Å². The highest BCUT2D eigenvalue weighted by molar-refractivity contribution is 7.99. The van der Waals surface area contributed by atoms with Crippen molar-refractivity contribution in [3.8, 4) is 0 Å². The summed E-state index contributed by atoms with van der Waals surface area (Å²) in [5, 5.41) is 3.01. The second-order valence-electron chi connectivity index (χ2n) is 7.33. The summed E-state index contributed by atoms with van der Waals surface area (Å²) in [5.41, 5.74) is 0.495. The highest BCUT2D eigenvalue weighted by atomic mass is 32.2. The average Bonchev–Trinajstić information content (AvgIpc) is 3.16. The minimum absolute atomic E-state index is 0.0433. The summed E-state index contributed by atoms with van der Waals surface area (Å²) >= 11 is 1.08. The molecule has 2 heterocycles. The van der Waals surface area contributed by atoms with E-state index in [-0.39, 0.29) is 35.2 Å². The lowest BCUT2D eigenvalue weighted by molar-refractivity contribution is -0.113. The number of aromatic nitrogens is 4. The second-order valence-corrected chi connectivity index (χ2v) is 8.27. The monoisotopic (exact) mass is 471 g/mol. The molecule has 0 aliphatic carbocycles. The number of carbonyl (C=O) groups excluding carboxylic acids is 1. The number of anilines is 1. The molecule has 11 heteroatoms. The van der Waals surface area contributed by atoms with Gasteiger partial charge in [0.15, 0.2) is 16.3 Å². The zero-order valence-electron chi connectivity index (χ0n) is 17.7. The second kappa shape index (κ2) is 9.02. The van der Waals surface area contributed by atoms with Crippen molar-refractivity contribution in [3.63, 3.8) is 0 Å². The molecule has 2 aromatic carbocycles. The van der Waals surface area contributed by atoms with E-state index in [0.717, 1.165) is 16.3 Å².